The number of rotatable bonds is 2. The first kappa shape index (κ1) is 11.6. The summed E-state index contributed by atoms with van der Waals surface area (Å²) in [6.07, 6.45) is 1.75. The monoisotopic (exact) mass is 273 g/mol. The van der Waals surface area contributed by atoms with Crippen molar-refractivity contribution < 1.29 is 14.4 Å². The van der Waals surface area contributed by atoms with Crippen LogP contribution in [0.25, 0.3) is 15.3 Å². The van der Waals surface area contributed by atoms with Crippen LogP contribution in [0.3, 0.4) is 0 Å². The van der Waals surface area contributed by atoms with E-state index < -0.39 is 4.92 Å². The number of aromatic hydroxyl groups is 1. The molecule has 2 aromatic heterocycles. The van der Waals surface area contributed by atoms with Crippen molar-refractivity contribution in [2.75, 3.05) is 0 Å². The lowest BCUT2D eigenvalue weighted by atomic mass is 10.2. The average molecular weight is 273 g/mol. The first-order valence-corrected chi connectivity index (χ1v) is 6.35. The molecule has 3 rings (SSSR count). The van der Waals surface area contributed by atoms with Gasteiger partial charge < -0.3 is 5.11 Å². The van der Waals surface area contributed by atoms with Crippen LogP contribution in [-0.4, -0.2) is 10.0 Å². The number of non-ortho nitro benzene ring substituents is 1. The second kappa shape index (κ2) is 4.33. The summed E-state index contributed by atoms with van der Waals surface area (Å²) in [6, 6.07) is 11.8. The van der Waals surface area contributed by atoms with Gasteiger partial charge in [-0.2, -0.15) is 0 Å². The fraction of sp³-hybridized carbons (Fsp3) is 0. The van der Waals surface area contributed by atoms with Crippen LogP contribution < -0.4 is 4.40 Å². The average Bonchev–Trinajstić information content (AvgIpc) is 2.77. The number of hydrogen-bond acceptors (Lipinski definition) is 4. The lowest BCUT2D eigenvalue weighted by Crippen LogP contribution is -2.16. The van der Waals surface area contributed by atoms with Gasteiger partial charge in [-0.25, -0.2) is 0 Å². The van der Waals surface area contributed by atoms with E-state index in [1.165, 1.54) is 23.5 Å². The zero-order valence-corrected chi connectivity index (χ0v) is 10.5. The SMILES string of the molecule is O=[N+]([O-])c1cccc(-c2sc3cccc[n+]3c2O)c1. The number of aromatic nitrogens is 1. The third kappa shape index (κ3) is 1.92. The molecule has 0 radical (unpaired) electrons. The molecule has 19 heavy (non-hydrogen) atoms. The van der Waals surface area contributed by atoms with E-state index in [0.29, 0.717) is 10.4 Å². The fourth-order valence-corrected chi connectivity index (χ4v) is 2.93. The Morgan fingerprint density at radius 1 is 1.21 bits per heavy atom. The van der Waals surface area contributed by atoms with E-state index in [1.807, 2.05) is 18.2 Å². The zero-order valence-electron chi connectivity index (χ0n) is 9.69. The number of nitro groups is 1. The van der Waals surface area contributed by atoms with Crippen LogP contribution in [0.15, 0.2) is 48.7 Å². The van der Waals surface area contributed by atoms with Gasteiger partial charge in [0.1, 0.15) is 0 Å². The second-order valence-corrected chi connectivity index (χ2v) is 5.00. The van der Waals surface area contributed by atoms with Crippen molar-refractivity contribution in [1.82, 2.24) is 0 Å². The molecule has 0 aliphatic carbocycles. The van der Waals surface area contributed by atoms with Crippen LogP contribution in [0.2, 0.25) is 0 Å². The standard InChI is InChI=1S/C13H8N2O3S/c16-13-12(19-11-6-1-2-7-14(11)13)9-4-3-5-10(8-9)15(17)18/h1-8H/p+1. The van der Waals surface area contributed by atoms with Gasteiger partial charge in [0, 0.05) is 29.8 Å². The van der Waals surface area contributed by atoms with Crippen molar-refractivity contribution in [3.63, 3.8) is 0 Å². The second-order valence-electron chi connectivity index (χ2n) is 3.97. The van der Waals surface area contributed by atoms with Crippen LogP contribution in [-0.2, 0) is 0 Å². The molecule has 0 unspecified atom stereocenters. The molecule has 0 amide bonds. The molecule has 0 aliphatic heterocycles. The third-order valence-electron chi connectivity index (χ3n) is 2.78. The maximum Gasteiger partial charge on any atom is 0.390 e. The molecule has 2 heterocycles. The number of benzene rings is 1. The molecule has 0 spiro atoms. The Balaban J connectivity index is 2.21. The number of pyridine rings is 1. The van der Waals surface area contributed by atoms with Crippen LogP contribution >= 0.6 is 11.3 Å². The number of thiazole rings is 1. The molecule has 5 nitrogen and oxygen atoms in total. The molecular formula is C13H9N2O3S+. The highest BCUT2D eigenvalue weighted by Gasteiger charge is 2.22. The van der Waals surface area contributed by atoms with Crippen molar-refractivity contribution in [3.05, 3.63) is 58.8 Å². The van der Waals surface area contributed by atoms with Crippen LogP contribution in [0.5, 0.6) is 5.88 Å². The number of nitrogens with zero attached hydrogens (tertiary/aromatic N) is 2. The molecular weight excluding hydrogens is 264 g/mol. The molecule has 0 saturated heterocycles. The summed E-state index contributed by atoms with van der Waals surface area (Å²) in [5, 5.41) is 21.0. The Morgan fingerprint density at radius 2 is 2.05 bits per heavy atom. The van der Waals surface area contributed by atoms with E-state index in [9.17, 15) is 15.2 Å². The smallest absolute Gasteiger partial charge is 0.390 e. The van der Waals surface area contributed by atoms with E-state index in [0.717, 1.165) is 4.83 Å². The van der Waals surface area contributed by atoms with Gasteiger partial charge in [0.05, 0.1) is 4.92 Å². The van der Waals surface area contributed by atoms with Crippen LogP contribution in [0.1, 0.15) is 0 Å². The number of fused-ring (bicyclic) bond motifs is 1. The fourth-order valence-electron chi connectivity index (χ4n) is 1.89. The highest BCUT2D eigenvalue weighted by Crippen LogP contribution is 2.35. The summed E-state index contributed by atoms with van der Waals surface area (Å²) in [5.41, 5.74) is 0.653. The summed E-state index contributed by atoms with van der Waals surface area (Å²) in [7, 11) is 0. The molecule has 0 saturated carbocycles. The van der Waals surface area contributed by atoms with Gasteiger partial charge in [0.15, 0.2) is 11.1 Å². The van der Waals surface area contributed by atoms with Gasteiger partial charge in [-0.15, -0.1) is 4.40 Å². The van der Waals surface area contributed by atoms with Crippen LogP contribution in [0, 0.1) is 10.1 Å². The Bertz CT molecular complexity index is 782. The van der Waals surface area contributed by atoms with E-state index >= 15 is 0 Å². The van der Waals surface area contributed by atoms with Crippen molar-refractivity contribution in [1.29, 1.82) is 0 Å². The third-order valence-corrected chi connectivity index (χ3v) is 3.94. The topological polar surface area (TPSA) is 67.5 Å². The van der Waals surface area contributed by atoms with Gasteiger partial charge in [-0.05, 0) is 6.07 Å². The summed E-state index contributed by atoms with van der Waals surface area (Å²) < 4.78 is 1.65. The van der Waals surface area contributed by atoms with Crippen molar-refractivity contribution >= 4 is 21.9 Å². The van der Waals surface area contributed by atoms with Crippen LogP contribution in [0.4, 0.5) is 5.69 Å². The molecule has 0 aliphatic rings. The zero-order chi connectivity index (χ0) is 13.4. The predicted molar refractivity (Wildman–Crippen MR) is 71.2 cm³/mol. The van der Waals surface area contributed by atoms with E-state index in [-0.39, 0.29) is 11.6 Å². The Hall–Kier alpha value is -2.47. The maximum absolute atomic E-state index is 10.8. The van der Waals surface area contributed by atoms with Crippen molar-refractivity contribution in [2.45, 2.75) is 0 Å². The van der Waals surface area contributed by atoms with E-state index in [4.69, 9.17) is 0 Å². The van der Waals surface area contributed by atoms with Crippen molar-refractivity contribution in [2.24, 2.45) is 0 Å². The minimum absolute atomic E-state index is 0.0133. The first-order valence-electron chi connectivity index (χ1n) is 5.54. The normalized spacial score (nSPS) is 10.7. The van der Waals surface area contributed by atoms with E-state index in [2.05, 4.69) is 0 Å². The molecule has 6 heteroatoms. The molecule has 94 valence electrons. The summed E-state index contributed by atoms with van der Waals surface area (Å²) in [6.45, 7) is 0. The largest absolute Gasteiger partial charge is 0.458 e. The molecule has 1 aromatic carbocycles. The van der Waals surface area contributed by atoms with Gasteiger partial charge in [-0.3, -0.25) is 10.1 Å². The van der Waals surface area contributed by atoms with Gasteiger partial charge in [0.2, 0.25) is 0 Å². The first-order chi connectivity index (χ1) is 9.16. The van der Waals surface area contributed by atoms with Gasteiger partial charge in [-0.1, -0.05) is 23.5 Å². The summed E-state index contributed by atoms with van der Waals surface area (Å²) in [4.78, 5) is 11.8. The Labute approximate surface area is 112 Å². The lowest BCUT2D eigenvalue weighted by molar-refractivity contribution is -0.517. The summed E-state index contributed by atoms with van der Waals surface area (Å²) >= 11 is 1.39. The molecule has 0 bridgehead atoms. The van der Waals surface area contributed by atoms with Gasteiger partial charge >= 0.3 is 5.88 Å². The minimum atomic E-state index is -0.443. The maximum atomic E-state index is 10.8. The molecule has 0 fully saturated rings. The van der Waals surface area contributed by atoms with Gasteiger partial charge in [0.25, 0.3) is 10.5 Å². The molecule has 0 atom stereocenters. The highest BCUT2D eigenvalue weighted by molar-refractivity contribution is 7.20. The van der Waals surface area contributed by atoms with E-state index in [1.54, 1.807) is 22.7 Å². The highest BCUT2D eigenvalue weighted by atomic mass is 32.1. The molecule has 3 aromatic rings. The minimum Gasteiger partial charge on any atom is -0.458 e. The predicted octanol–water partition coefficient (Wildman–Crippen LogP) is 2.77. The Morgan fingerprint density at radius 3 is 2.79 bits per heavy atom. The lowest BCUT2D eigenvalue weighted by Gasteiger charge is -1.95. The van der Waals surface area contributed by atoms with Crippen molar-refractivity contribution in [3.8, 4) is 16.3 Å². The number of hydrogen-bond donors (Lipinski definition) is 1. The Kier molecular flexibility index (Phi) is 2.64. The number of nitro benzene ring substituents is 1. The quantitative estimate of drug-likeness (QED) is 0.443. The summed E-state index contributed by atoms with van der Waals surface area (Å²) in [5.74, 6) is 0.0982. The molecule has 1 N–H and O–H groups in total.